The highest BCUT2D eigenvalue weighted by molar-refractivity contribution is 7.99. The quantitative estimate of drug-likeness (QED) is 0.656. The van der Waals surface area contributed by atoms with Crippen molar-refractivity contribution in [1.29, 1.82) is 0 Å². The van der Waals surface area contributed by atoms with Crippen molar-refractivity contribution in [3.05, 3.63) is 65.2 Å². The lowest BCUT2D eigenvalue weighted by atomic mass is 10.2. The highest BCUT2D eigenvalue weighted by atomic mass is 32.2. The summed E-state index contributed by atoms with van der Waals surface area (Å²) in [7, 11) is 0. The summed E-state index contributed by atoms with van der Waals surface area (Å²) in [5.74, 6) is -1.77. The molecule has 2 aromatic carbocycles. The van der Waals surface area contributed by atoms with Crippen LogP contribution in [-0.2, 0) is 15.3 Å². The Morgan fingerprint density at radius 3 is 2.67 bits per heavy atom. The molecule has 2 amide bonds. The molecular formula is C22H24F2N2O3S. The van der Waals surface area contributed by atoms with Gasteiger partial charge in [0.2, 0.25) is 5.91 Å². The number of benzene rings is 2. The van der Waals surface area contributed by atoms with E-state index in [1.807, 2.05) is 36.0 Å². The van der Waals surface area contributed by atoms with Crippen LogP contribution in [0, 0.1) is 11.6 Å². The number of anilines is 1. The molecule has 2 N–H and O–H groups in total. The van der Waals surface area contributed by atoms with Crippen LogP contribution >= 0.6 is 11.8 Å². The Morgan fingerprint density at radius 2 is 1.90 bits per heavy atom. The van der Waals surface area contributed by atoms with E-state index in [-0.39, 0.29) is 24.4 Å². The van der Waals surface area contributed by atoms with Crippen LogP contribution in [0.15, 0.2) is 42.5 Å². The molecule has 1 saturated heterocycles. The summed E-state index contributed by atoms with van der Waals surface area (Å²) < 4.78 is 31.9. The Bertz CT molecular complexity index is 888. The zero-order valence-corrected chi connectivity index (χ0v) is 17.3. The molecule has 1 aliphatic rings. The minimum Gasteiger partial charge on any atom is -0.381 e. The Labute approximate surface area is 178 Å². The lowest BCUT2D eigenvalue weighted by Gasteiger charge is -2.21. The Hall–Kier alpha value is -2.45. The average Bonchev–Trinajstić information content (AvgIpc) is 2.73. The van der Waals surface area contributed by atoms with E-state index in [0.717, 1.165) is 49.5 Å². The maximum Gasteiger partial charge on any atom is 0.254 e. The molecule has 0 bridgehead atoms. The van der Waals surface area contributed by atoms with Gasteiger partial charge in [-0.05, 0) is 42.7 Å². The number of hydrogen-bond acceptors (Lipinski definition) is 4. The standard InChI is InChI=1S/C22H24F2N2O3S/c23-16-4-5-19(20(24)13-16)22(28)25-9-6-21(27)26-17-3-1-2-15(12-17)14-30-18-7-10-29-11-8-18/h1-5,12-13,18H,6-11,14H2,(H,25,28)(H,26,27). The smallest absolute Gasteiger partial charge is 0.254 e. The largest absolute Gasteiger partial charge is 0.381 e. The molecule has 2 aromatic rings. The fourth-order valence-electron chi connectivity index (χ4n) is 3.08. The van der Waals surface area contributed by atoms with Crippen molar-refractivity contribution >= 4 is 29.3 Å². The number of ether oxygens (including phenoxy) is 1. The van der Waals surface area contributed by atoms with E-state index in [1.165, 1.54) is 0 Å². The normalized spacial score (nSPS) is 14.3. The Morgan fingerprint density at radius 1 is 1.10 bits per heavy atom. The summed E-state index contributed by atoms with van der Waals surface area (Å²) in [4.78, 5) is 24.1. The van der Waals surface area contributed by atoms with Crippen LogP contribution in [0.5, 0.6) is 0 Å². The van der Waals surface area contributed by atoms with E-state index in [2.05, 4.69) is 10.6 Å². The molecule has 0 radical (unpaired) electrons. The number of amides is 2. The van der Waals surface area contributed by atoms with Crippen molar-refractivity contribution in [3.63, 3.8) is 0 Å². The van der Waals surface area contributed by atoms with Crippen LogP contribution in [0.2, 0.25) is 0 Å². The van der Waals surface area contributed by atoms with E-state index in [1.54, 1.807) is 0 Å². The van der Waals surface area contributed by atoms with Gasteiger partial charge < -0.3 is 15.4 Å². The molecule has 0 saturated carbocycles. The second kappa shape index (κ2) is 11.1. The van der Waals surface area contributed by atoms with Gasteiger partial charge in [-0.3, -0.25) is 9.59 Å². The van der Waals surface area contributed by atoms with Crippen molar-refractivity contribution < 1.29 is 23.1 Å². The van der Waals surface area contributed by atoms with E-state index in [9.17, 15) is 18.4 Å². The highest BCUT2D eigenvalue weighted by Gasteiger charge is 2.15. The SMILES string of the molecule is O=C(CCNC(=O)c1ccc(F)cc1F)Nc1cccc(CSC2CCOCC2)c1. The summed E-state index contributed by atoms with van der Waals surface area (Å²) in [6, 6.07) is 10.4. The number of hydrogen-bond donors (Lipinski definition) is 2. The van der Waals surface area contributed by atoms with E-state index < -0.39 is 17.5 Å². The second-order valence-corrected chi connectivity index (χ2v) is 8.29. The first-order valence-electron chi connectivity index (χ1n) is 9.82. The van der Waals surface area contributed by atoms with E-state index in [0.29, 0.717) is 17.0 Å². The molecule has 0 unspecified atom stereocenters. The fourth-order valence-corrected chi connectivity index (χ4v) is 4.21. The molecule has 160 valence electrons. The van der Waals surface area contributed by atoms with Crippen LogP contribution < -0.4 is 10.6 Å². The van der Waals surface area contributed by atoms with Gasteiger partial charge in [-0.15, -0.1) is 0 Å². The van der Waals surface area contributed by atoms with Gasteiger partial charge in [-0.1, -0.05) is 12.1 Å². The number of rotatable bonds is 8. The average molecular weight is 435 g/mol. The summed E-state index contributed by atoms with van der Waals surface area (Å²) in [5, 5.41) is 5.88. The van der Waals surface area contributed by atoms with Crippen molar-refractivity contribution in [2.24, 2.45) is 0 Å². The first-order chi connectivity index (χ1) is 14.5. The maximum absolute atomic E-state index is 13.6. The molecule has 5 nitrogen and oxygen atoms in total. The molecule has 3 rings (SSSR count). The summed E-state index contributed by atoms with van der Waals surface area (Å²) in [6.45, 7) is 1.68. The van der Waals surface area contributed by atoms with Crippen LogP contribution in [0.25, 0.3) is 0 Å². The number of carbonyl (C=O) groups is 2. The number of nitrogens with one attached hydrogen (secondary N) is 2. The molecule has 0 spiro atoms. The fraction of sp³-hybridized carbons (Fsp3) is 0.364. The van der Waals surface area contributed by atoms with Crippen LogP contribution in [0.3, 0.4) is 0 Å². The minimum atomic E-state index is -0.938. The van der Waals surface area contributed by atoms with Gasteiger partial charge in [0.15, 0.2) is 0 Å². The van der Waals surface area contributed by atoms with Crippen molar-refractivity contribution in [3.8, 4) is 0 Å². The third kappa shape index (κ3) is 6.81. The molecule has 30 heavy (non-hydrogen) atoms. The molecule has 1 heterocycles. The minimum absolute atomic E-state index is 0.0373. The summed E-state index contributed by atoms with van der Waals surface area (Å²) in [6.07, 6.45) is 2.17. The predicted molar refractivity (Wildman–Crippen MR) is 114 cm³/mol. The number of halogens is 2. The molecule has 8 heteroatoms. The molecule has 0 atom stereocenters. The highest BCUT2D eigenvalue weighted by Crippen LogP contribution is 2.26. The van der Waals surface area contributed by atoms with E-state index in [4.69, 9.17) is 4.74 Å². The van der Waals surface area contributed by atoms with Gasteiger partial charge in [-0.2, -0.15) is 11.8 Å². The number of carbonyl (C=O) groups excluding carboxylic acids is 2. The molecule has 0 aromatic heterocycles. The lowest BCUT2D eigenvalue weighted by Crippen LogP contribution is -2.28. The molecule has 1 aliphatic heterocycles. The van der Waals surface area contributed by atoms with Crippen LogP contribution in [-0.4, -0.2) is 36.8 Å². The predicted octanol–water partition coefficient (Wildman–Crippen LogP) is 4.14. The summed E-state index contributed by atoms with van der Waals surface area (Å²) >= 11 is 1.90. The summed E-state index contributed by atoms with van der Waals surface area (Å²) in [5.41, 5.74) is 1.57. The zero-order chi connectivity index (χ0) is 21.3. The van der Waals surface area contributed by atoms with Gasteiger partial charge >= 0.3 is 0 Å². The lowest BCUT2D eigenvalue weighted by molar-refractivity contribution is -0.116. The van der Waals surface area contributed by atoms with Crippen molar-refractivity contribution in [2.75, 3.05) is 25.1 Å². The molecule has 1 fully saturated rings. The number of thioether (sulfide) groups is 1. The zero-order valence-electron chi connectivity index (χ0n) is 16.5. The van der Waals surface area contributed by atoms with Crippen molar-refractivity contribution in [1.82, 2.24) is 5.32 Å². The second-order valence-electron chi connectivity index (χ2n) is 7.00. The van der Waals surface area contributed by atoms with Gasteiger partial charge in [0.05, 0.1) is 5.56 Å². The molecule has 0 aliphatic carbocycles. The van der Waals surface area contributed by atoms with Gasteiger partial charge in [0.25, 0.3) is 5.91 Å². The van der Waals surface area contributed by atoms with E-state index >= 15 is 0 Å². The topological polar surface area (TPSA) is 67.4 Å². The van der Waals surface area contributed by atoms with Crippen LogP contribution in [0.4, 0.5) is 14.5 Å². The third-order valence-electron chi connectivity index (χ3n) is 4.68. The first-order valence-corrected chi connectivity index (χ1v) is 10.9. The van der Waals surface area contributed by atoms with Crippen molar-refractivity contribution in [2.45, 2.75) is 30.3 Å². The van der Waals surface area contributed by atoms with Gasteiger partial charge in [0.1, 0.15) is 11.6 Å². The van der Waals surface area contributed by atoms with Gasteiger partial charge in [0, 0.05) is 48.9 Å². The van der Waals surface area contributed by atoms with Gasteiger partial charge in [-0.25, -0.2) is 8.78 Å². The Balaban J connectivity index is 1.42. The maximum atomic E-state index is 13.6. The third-order valence-corrected chi connectivity index (χ3v) is 6.12. The monoisotopic (exact) mass is 434 g/mol. The molecular weight excluding hydrogens is 410 g/mol. The Kier molecular flexibility index (Phi) is 8.21. The van der Waals surface area contributed by atoms with Crippen LogP contribution in [0.1, 0.15) is 35.2 Å². The first kappa shape index (κ1) is 22.2.